The van der Waals surface area contributed by atoms with Gasteiger partial charge in [-0.25, -0.2) is 13.6 Å². The lowest BCUT2D eigenvalue weighted by molar-refractivity contribution is -0.384. The fourth-order valence-electron chi connectivity index (χ4n) is 2.09. The number of nitrogens with zero attached hydrogens (tertiary/aromatic N) is 1. The highest BCUT2D eigenvalue weighted by Crippen LogP contribution is 2.38. The fraction of sp³-hybridized carbons (Fsp3) is 0.625. The van der Waals surface area contributed by atoms with Crippen LogP contribution in [0.4, 0.5) is 11.4 Å². The number of nitrogens with one attached hydrogen (secondary N) is 1. The van der Waals surface area contributed by atoms with Gasteiger partial charge in [-0.3, -0.25) is 14.3 Å². The van der Waals surface area contributed by atoms with Crippen LogP contribution in [0.2, 0.25) is 18.1 Å². The number of nitro groups is 1. The molecule has 1 rings (SSSR count). The number of sulfonamides is 1. The van der Waals surface area contributed by atoms with E-state index in [0.717, 1.165) is 18.4 Å². The molecule has 15 heteroatoms. The molecule has 0 saturated heterocycles. The van der Waals surface area contributed by atoms with Crippen LogP contribution in [-0.4, -0.2) is 55.6 Å². The zero-order valence-corrected chi connectivity index (χ0v) is 22.4. The predicted octanol–water partition coefficient (Wildman–Crippen LogP) is 2.78. The smallest absolute Gasteiger partial charge is 0.294 e. The van der Waals surface area contributed by atoms with E-state index in [-0.39, 0.29) is 28.4 Å². The number of benzene rings is 1. The Labute approximate surface area is 192 Å². The minimum absolute atomic E-state index is 0.00649. The number of nitrogens with two attached hydrogens (primary N) is 1. The Kier molecular flexibility index (Phi) is 8.83. The first kappa shape index (κ1) is 27.9. The Morgan fingerprint density at radius 3 is 2.19 bits per heavy atom. The van der Waals surface area contributed by atoms with Crippen molar-refractivity contribution in [1.29, 1.82) is 0 Å². The van der Waals surface area contributed by atoms with E-state index in [1.54, 1.807) is 0 Å². The number of hydrogen-bond donors (Lipinski definition) is 2. The largest absolute Gasteiger partial charge is 0.415 e. The van der Waals surface area contributed by atoms with E-state index in [2.05, 4.69) is 21.2 Å². The first-order chi connectivity index (χ1) is 13.7. The van der Waals surface area contributed by atoms with Gasteiger partial charge in [-0.1, -0.05) is 20.8 Å². The molecule has 1 unspecified atom stereocenters. The summed E-state index contributed by atoms with van der Waals surface area (Å²) >= 11 is 3.12. The molecular weight excluding hydrogens is 534 g/mol. The van der Waals surface area contributed by atoms with E-state index in [4.69, 9.17) is 13.7 Å². The van der Waals surface area contributed by atoms with Crippen molar-refractivity contribution in [2.24, 2.45) is 5.14 Å². The summed E-state index contributed by atoms with van der Waals surface area (Å²) in [5.74, 6) is 0. The number of nitro benzene ring substituents is 1. The lowest BCUT2D eigenvalue weighted by atomic mass is 10.2. The first-order valence-electron chi connectivity index (χ1n) is 9.00. The molecule has 1 aromatic rings. The van der Waals surface area contributed by atoms with Crippen LogP contribution in [0.25, 0.3) is 0 Å². The molecule has 0 fully saturated rings. The average Bonchev–Trinajstić information content (AvgIpc) is 2.55. The number of anilines is 1. The molecule has 0 spiro atoms. The van der Waals surface area contributed by atoms with Gasteiger partial charge < -0.3 is 9.74 Å². The highest BCUT2D eigenvalue weighted by Gasteiger charge is 2.38. The predicted molar refractivity (Wildman–Crippen MR) is 124 cm³/mol. The maximum atomic E-state index is 11.6. The van der Waals surface area contributed by atoms with Crippen LogP contribution in [-0.2, 0) is 28.8 Å². The molecule has 0 heterocycles. The van der Waals surface area contributed by atoms with Gasteiger partial charge in [-0.15, -0.1) is 0 Å². The zero-order valence-electron chi connectivity index (χ0n) is 18.1. The van der Waals surface area contributed by atoms with Gasteiger partial charge in [0, 0.05) is 10.5 Å². The first-order valence-corrected chi connectivity index (χ1v) is 16.1. The second-order valence-electron chi connectivity index (χ2n) is 8.50. The zero-order chi connectivity index (χ0) is 24.4. The van der Waals surface area contributed by atoms with Crippen molar-refractivity contribution in [2.45, 2.75) is 49.8 Å². The van der Waals surface area contributed by atoms with Crippen molar-refractivity contribution in [3.05, 3.63) is 26.7 Å². The molecule has 0 aliphatic heterocycles. The van der Waals surface area contributed by atoms with E-state index >= 15 is 0 Å². The summed E-state index contributed by atoms with van der Waals surface area (Å²) in [5, 5.41) is 19.4. The summed E-state index contributed by atoms with van der Waals surface area (Å²) < 4.78 is 57.2. The molecular formula is C16H28BrN3O8S2Si. The van der Waals surface area contributed by atoms with Gasteiger partial charge in [0.15, 0.2) is 8.32 Å². The molecule has 0 bridgehead atoms. The Morgan fingerprint density at radius 2 is 1.77 bits per heavy atom. The molecule has 3 N–H and O–H groups in total. The molecule has 178 valence electrons. The summed E-state index contributed by atoms with van der Waals surface area (Å²) in [4.78, 5) is 10.3. The SMILES string of the molecule is CC(C)(C)[Si](C)(C)OCC(COS(C)(=O)=O)Nc1c(Br)cc(S(N)(=O)=O)cc1[N+](=O)[O-]. The minimum atomic E-state index is -4.19. The summed E-state index contributed by atoms with van der Waals surface area (Å²) in [6.07, 6.45) is 0.887. The van der Waals surface area contributed by atoms with Crippen molar-refractivity contribution < 1.29 is 30.4 Å². The van der Waals surface area contributed by atoms with Gasteiger partial charge in [-0.2, -0.15) is 8.42 Å². The van der Waals surface area contributed by atoms with Crippen LogP contribution in [0.5, 0.6) is 0 Å². The molecule has 0 aromatic heterocycles. The summed E-state index contributed by atoms with van der Waals surface area (Å²) in [6, 6.07) is 1.15. The quantitative estimate of drug-likeness (QED) is 0.189. The normalized spacial score (nSPS) is 14.3. The third-order valence-electron chi connectivity index (χ3n) is 4.85. The van der Waals surface area contributed by atoms with Gasteiger partial charge in [-0.05, 0) is 40.1 Å². The van der Waals surface area contributed by atoms with Crippen molar-refractivity contribution in [3.63, 3.8) is 0 Å². The maximum Gasteiger partial charge on any atom is 0.294 e. The highest BCUT2D eigenvalue weighted by molar-refractivity contribution is 9.10. The van der Waals surface area contributed by atoms with Gasteiger partial charge in [0.05, 0.1) is 35.3 Å². The lowest BCUT2D eigenvalue weighted by Crippen LogP contribution is -2.44. The van der Waals surface area contributed by atoms with Crippen LogP contribution in [0, 0.1) is 10.1 Å². The maximum absolute atomic E-state index is 11.6. The van der Waals surface area contributed by atoms with Gasteiger partial charge in [0.2, 0.25) is 10.0 Å². The average molecular weight is 563 g/mol. The van der Waals surface area contributed by atoms with Gasteiger partial charge in [0.25, 0.3) is 15.8 Å². The molecule has 1 atom stereocenters. The highest BCUT2D eigenvalue weighted by atomic mass is 79.9. The number of hydrogen-bond acceptors (Lipinski definition) is 9. The molecule has 0 aliphatic carbocycles. The third kappa shape index (κ3) is 8.40. The van der Waals surface area contributed by atoms with E-state index < -0.39 is 50.0 Å². The third-order valence-corrected chi connectivity index (χ3v) is 11.4. The van der Waals surface area contributed by atoms with Crippen molar-refractivity contribution >= 4 is 55.8 Å². The molecule has 1 aromatic carbocycles. The Hall–Kier alpha value is -1.10. The Morgan fingerprint density at radius 1 is 1.23 bits per heavy atom. The minimum Gasteiger partial charge on any atom is -0.415 e. The standard InChI is InChI=1S/C16H28BrN3O8S2Si/c1-16(2,3)31(5,6)28-10-11(9-27-29(4,23)24)19-15-13(17)7-12(30(18,25)26)8-14(15)20(21)22/h7-8,11,19H,9-10H2,1-6H3,(H2,18,25,26). The number of primary sulfonamides is 1. The van der Waals surface area contributed by atoms with Crippen molar-refractivity contribution in [3.8, 4) is 0 Å². The van der Waals surface area contributed by atoms with Crippen LogP contribution < -0.4 is 10.5 Å². The summed E-state index contributed by atoms with van der Waals surface area (Å²) in [7, 11) is -10.2. The number of rotatable bonds is 10. The monoisotopic (exact) mass is 561 g/mol. The Balaban J connectivity index is 3.34. The molecule has 31 heavy (non-hydrogen) atoms. The van der Waals surface area contributed by atoms with E-state index in [1.165, 1.54) is 0 Å². The van der Waals surface area contributed by atoms with Gasteiger partial charge >= 0.3 is 0 Å². The number of halogens is 1. The van der Waals surface area contributed by atoms with E-state index in [1.807, 2.05) is 33.9 Å². The molecule has 0 amide bonds. The van der Waals surface area contributed by atoms with Crippen LogP contribution in [0.1, 0.15) is 20.8 Å². The van der Waals surface area contributed by atoms with Crippen molar-refractivity contribution in [2.75, 3.05) is 24.8 Å². The van der Waals surface area contributed by atoms with E-state index in [9.17, 15) is 26.9 Å². The summed E-state index contributed by atoms with van der Waals surface area (Å²) in [6.45, 7) is 9.74. The van der Waals surface area contributed by atoms with E-state index in [0.29, 0.717) is 0 Å². The van der Waals surface area contributed by atoms with Crippen molar-refractivity contribution in [1.82, 2.24) is 0 Å². The lowest BCUT2D eigenvalue weighted by Gasteiger charge is -2.37. The van der Waals surface area contributed by atoms with Gasteiger partial charge in [0.1, 0.15) is 5.69 Å². The molecule has 0 saturated carbocycles. The topological polar surface area (TPSA) is 168 Å². The molecule has 11 nitrogen and oxygen atoms in total. The summed E-state index contributed by atoms with van der Waals surface area (Å²) in [5.41, 5.74) is -0.617. The van der Waals surface area contributed by atoms with Crippen LogP contribution >= 0.6 is 15.9 Å². The molecule has 0 aliphatic rings. The fourth-order valence-corrected chi connectivity index (χ4v) is 4.82. The second kappa shape index (κ2) is 9.80. The van der Waals surface area contributed by atoms with Crippen LogP contribution in [0.15, 0.2) is 21.5 Å². The molecule has 0 radical (unpaired) electrons. The van der Waals surface area contributed by atoms with Crippen LogP contribution in [0.3, 0.4) is 0 Å². The Bertz CT molecular complexity index is 1040. The second-order valence-corrected chi connectivity index (χ2v) is 17.4.